The maximum atomic E-state index is 13.1. The molecule has 1 saturated heterocycles. The number of rotatable bonds is 4. The lowest BCUT2D eigenvalue weighted by Crippen LogP contribution is -2.46. The predicted molar refractivity (Wildman–Crippen MR) is 77.9 cm³/mol. The first-order valence-corrected chi connectivity index (χ1v) is 7.33. The highest BCUT2D eigenvalue weighted by Gasteiger charge is 2.38. The zero-order chi connectivity index (χ0) is 15.4. The number of nitrogens with one attached hydrogen (secondary N) is 1. The minimum Gasteiger partial charge on any atom is -0.356 e. The fraction of sp³-hybridized carbons (Fsp3) is 0.500. The van der Waals surface area contributed by atoms with Crippen LogP contribution >= 0.6 is 0 Å². The van der Waals surface area contributed by atoms with Gasteiger partial charge in [0.25, 0.3) is 0 Å². The Morgan fingerprint density at radius 1 is 1.38 bits per heavy atom. The second-order valence-electron chi connectivity index (χ2n) is 5.44. The smallest absolute Gasteiger partial charge is 0.225 e. The Labute approximate surface area is 124 Å². The van der Waals surface area contributed by atoms with Crippen molar-refractivity contribution in [2.75, 3.05) is 13.6 Å². The molecule has 5 heteroatoms. The number of hydrogen-bond donors (Lipinski definition) is 1. The molecule has 0 radical (unpaired) electrons. The van der Waals surface area contributed by atoms with Gasteiger partial charge in [0.15, 0.2) is 0 Å². The van der Waals surface area contributed by atoms with Crippen LogP contribution in [0.5, 0.6) is 0 Å². The zero-order valence-corrected chi connectivity index (χ0v) is 12.4. The molecular formula is C16H21FN2O2. The van der Waals surface area contributed by atoms with Crippen molar-refractivity contribution in [1.82, 2.24) is 10.2 Å². The van der Waals surface area contributed by atoms with Crippen LogP contribution in [0.4, 0.5) is 4.39 Å². The van der Waals surface area contributed by atoms with Crippen LogP contribution in [0.25, 0.3) is 0 Å². The standard InChI is InChI=1S/C16H21FN2O2/c1-3-10-18-16(21)13-8-9-14(20)19(2)15(13)11-4-6-12(17)7-5-11/h4-7,13,15H,3,8-10H2,1-2H3,(H,18,21)/t13-,15+/m1/s1. The normalized spacial score (nSPS) is 22.2. The molecule has 2 amide bonds. The second kappa shape index (κ2) is 6.70. The summed E-state index contributed by atoms with van der Waals surface area (Å²) in [5.41, 5.74) is 0.795. The molecule has 4 nitrogen and oxygen atoms in total. The quantitative estimate of drug-likeness (QED) is 0.925. The van der Waals surface area contributed by atoms with Crippen molar-refractivity contribution in [2.24, 2.45) is 5.92 Å². The van der Waals surface area contributed by atoms with E-state index in [1.807, 2.05) is 6.92 Å². The number of piperidine rings is 1. The van der Waals surface area contributed by atoms with E-state index in [-0.39, 0.29) is 29.6 Å². The van der Waals surface area contributed by atoms with E-state index in [1.54, 1.807) is 24.1 Å². The molecule has 1 aliphatic heterocycles. The zero-order valence-electron chi connectivity index (χ0n) is 12.4. The fourth-order valence-electron chi connectivity index (χ4n) is 2.81. The predicted octanol–water partition coefficient (Wildman–Crippen LogP) is 2.26. The number of benzene rings is 1. The first-order valence-electron chi connectivity index (χ1n) is 7.33. The fourth-order valence-corrected chi connectivity index (χ4v) is 2.81. The van der Waals surface area contributed by atoms with Gasteiger partial charge in [-0.2, -0.15) is 0 Å². The van der Waals surface area contributed by atoms with Gasteiger partial charge in [0.05, 0.1) is 12.0 Å². The van der Waals surface area contributed by atoms with Crippen LogP contribution in [0.3, 0.4) is 0 Å². The molecule has 1 N–H and O–H groups in total. The van der Waals surface area contributed by atoms with E-state index in [2.05, 4.69) is 5.32 Å². The average molecular weight is 292 g/mol. The number of amides is 2. The molecule has 1 heterocycles. The number of likely N-dealkylation sites (tertiary alicyclic amines) is 1. The number of nitrogens with zero attached hydrogens (tertiary/aromatic N) is 1. The first kappa shape index (κ1) is 15.5. The third kappa shape index (κ3) is 3.40. The summed E-state index contributed by atoms with van der Waals surface area (Å²) >= 11 is 0. The highest BCUT2D eigenvalue weighted by Crippen LogP contribution is 2.35. The summed E-state index contributed by atoms with van der Waals surface area (Å²) < 4.78 is 13.1. The van der Waals surface area contributed by atoms with Gasteiger partial charge in [-0.15, -0.1) is 0 Å². The lowest BCUT2D eigenvalue weighted by atomic mass is 9.84. The van der Waals surface area contributed by atoms with Crippen LogP contribution in [0.15, 0.2) is 24.3 Å². The van der Waals surface area contributed by atoms with Crippen LogP contribution in [0.1, 0.15) is 37.8 Å². The van der Waals surface area contributed by atoms with Gasteiger partial charge in [-0.3, -0.25) is 9.59 Å². The van der Waals surface area contributed by atoms with Crippen LogP contribution in [0, 0.1) is 11.7 Å². The summed E-state index contributed by atoms with van der Waals surface area (Å²) in [6.45, 7) is 2.62. The molecule has 0 bridgehead atoms. The van der Waals surface area contributed by atoms with Crippen LogP contribution in [-0.4, -0.2) is 30.3 Å². The summed E-state index contributed by atoms with van der Waals surface area (Å²) in [7, 11) is 1.70. The SMILES string of the molecule is CCCNC(=O)[C@@H]1CCC(=O)N(C)[C@H]1c1ccc(F)cc1. The van der Waals surface area contributed by atoms with E-state index in [1.165, 1.54) is 12.1 Å². The number of carbonyl (C=O) groups is 2. The summed E-state index contributed by atoms with van der Waals surface area (Å²) in [5, 5.41) is 2.90. The third-order valence-electron chi connectivity index (χ3n) is 3.96. The van der Waals surface area contributed by atoms with E-state index in [9.17, 15) is 14.0 Å². The summed E-state index contributed by atoms with van der Waals surface area (Å²) in [6.07, 6.45) is 1.77. The lowest BCUT2D eigenvalue weighted by molar-refractivity contribution is -0.141. The summed E-state index contributed by atoms with van der Waals surface area (Å²) in [6, 6.07) is 5.69. The highest BCUT2D eigenvalue weighted by atomic mass is 19.1. The molecule has 0 aromatic heterocycles. The number of carbonyl (C=O) groups excluding carboxylic acids is 2. The molecule has 0 saturated carbocycles. The van der Waals surface area contributed by atoms with Crippen molar-refractivity contribution in [3.8, 4) is 0 Å². The van der Waals surface area contributed by atoms with Gasteiger partial charge < -0.3 is 10.2 Å². The Morgan fingerprint density at radius 2 is 2.05 bits per heavy atom. The van der Waals surface area contributed by atoms with E-state index in [0.29, 0.717) is 19.4 Å². The topological polar surface area (TPSA) is 49.4 Å². The maximum absolute atomic E-state index is 13.1. The summed E-state index contributed by atoms with van der Waals surface area (Å²) in [4.78, 5) is 25.9. The molecule has 0 spiro atoms. The van der Waals surface area contributed by atoms with Gasteiger partial charge in [0, 0.05) is 20.0 Å². The Balaban J connectivity index is 2.26. The van der Waals surface area contributed by atoms with Gasteiger partial charge in [0.1, 0.15) is 5.82 Å². The van der Waals surface area contributed by atoms with Crippen LogP contribution in [0.2, 0.25) is 0 Å². The monoisotopic (exact) mass is 292 g/mol. The van der Waals surface area contributed by atoms with E-state index in [0.717, 1.165) is 12.0 Å². The number of halogens is 1. The van der Waals surface area contributed by atoms with Crippen molar-refractivity contribution < 1.29 is 14.0 Å². The second-order valence-corrected chi connectivity index (χ2v) is 5.44. The summed E-state index contributed by atoms with van der Waals surface area (Å²) in [5.74, 6) is -0.630. The van der Waals surface area contributed by atoms with Crippen molar-refractivity contribution in [3.63, 3.8) is 0 Å². The molecule has 2 rings (SSSR count). The highest BCUT2D eigenvalue weighted by molar-refractivity contribution is 5.84. The third-order valence-corrected chi connectivity index (χ3v) is 3.96. The van der Waals surface area contributed by atoms with Crippen molar-refractivity contribution in [2.45, 2.75) is 32.2 Å². The Kier molecular flexibility index (Phi) is 4.94. The van der Waals surface area contributed by atoms with E-state index in [4.69, 9.17) is 0 Å². The maximum Gasteiger partial charge on any atom is 0.225 e. The van der Waals surface area contributed by atoms with Gasteiger partial charge >= 0.3 is 0 Å². The molecule has 1 aliphatic rings. The molecule has 2 atom stereocenters. The van der Waals surface area contributed by atoms with Crippen LogP contribution in [-0.2, 0) is 9.59 Å². The van der Waals surface area contributed by atoms with E-state index < -0.39 is 0 Å². The van der Waals surface area contributed by atoms with Crippen molar-refractivity contribution >= 4 is 11.8 Å². The molecule has 1 aromatic carbocycles. The molecular weight excluding hydrogens is 271 g/mol. The molecule has 114 valence electrons. The minimum atomic E-state index is -0.330. The molecule has 21 heavy (non-hydrogen) atoms. The van der Waals surface area contributed by atoms with Crippen LogP contribution < -0.4 is 5.32 Å². The first-order chi connectivity index (χ1) is 10.0. The molecule has 1 fully saturated rings. The lowest BCUT2D eigenvalue weighted by Gasteiger charge is -2.38. The van der Waals surface area contributed by atoms with Gasteiger partial charge in [0.2, 0.25) is 11.8 Å². The Hall–Kier alpha value is -1.91. The Morgan fingerprint density at radius 3 is 2.67 bits per heavy atom. The van der Waals surface area contributed by atoms with Gasteiger partial charge in [-0.1, -0.05) is 19.1 Å². The molecule has 1 aromatic rings. The van der Waals surface area contributed by atoms with E-state index >= 15 is 0 Å². The molecule has 0 aliphatic carbocycles. The van der Waals surface area contributed by atoms with Gasteiger partial charge in [-0.05, 0) is 30.5 Å². The largest absolute Gasteiger partial charge is 0.356 e. The number of hydrogen-bond acceptors (Lipinski definition) is 2. The Bertz CT molecular complexity index is 516. The van der Waals surface area contributed by atoms with Crippen molar-refractivity contribution in [3.05, 3.63) is 35.6 Å². The van der Waals surface area contributed by atoms with Crippen molar-refractivity contribution in [1.29, 1.82) is 0 Å². The van der Waals surface area contributed by atoms with Gasteiger partial charge in [-0.25, -0.2) is 4.39 Å². The average Bonchev–Trinajstić information content (AvgIpc) is 2.48. The molecule has 0 unspecified atom stereocenters. The minimum absolute atomic E-state index is 0.0175.